The molecule has 2 heteroatoms. The van der Waals surface area contributed by atoms with E-state index in [1.54, 1.807) is 0 Å². The third-order valence-corrected chi connectivity index (χ3v) is 4.66. The topological polar surface area (TPSA) is 21.3 Å². The van der Waals surface area contributed by atoms with E-state index >= 15 is 0 Å². The maximum atomic E-state index is 5.75. The van der Waals surface area contributed by atoms with Crippen LogP contribution in [-0.4, -0.2) is 25.3 Å². The van der Waals surface area contributed by atoms with Gasteiger partial charge in [0.25, 0.3) is 0 Å². The molecule has 0 radical (unpaired) electrons. The molecule has 94 valence electrons. The number of hydrogen-bond acceptors (Lipinski definition) is 2. The summed E-state index contributed by atoms with van der Waals surface area (Å²) in [7, 11) is 0. The standard InChI is InChI=1S/C14H27NO/c1-5-16-13-8-12(14(13,3)4)15-9-10(2)11-6-7-11/h10-13,15H,5-9H2,1-4H3. The molecule has 0 aromatic carbocycles. The predicted octanol–water partition coefficient (Wildman–Crippen LogP) is 2.83. The van der Waals surface area contributed by atoms with Crippen LogP contribution in [0, 0.1) is 17.3 Å². The molecule has 0 spiro atoms. The third kappa shape index (κ3) is 2.43. The van der Waals surface area contributed by atoms with Crippen LogP contribution in [0.25, 0.3) is 0 Å². The molecule has 0 aliphatic heterocycles. The second-order valence-electron chi connectivity index (χ2n) is 6.28. The van der Waals surface area contributed by atoms with Crippen LogP contribution in [0.2, 0.25) is 0 Å². The number of hydrogen-bond donors (Lipinski definition) is 1. The van der Waals surface area contributed by atoms with Gasteiger partial charge in [0.15, 0.2) is 0 Å². The van der Waals surface area contributed by atoms with Crippen molar-refractivity contribution in [2.45, 2.75) is 59.1 Å². The van der Waals surface area contributed by atoms with E-state index in [1.165, 1.54) is 25.8 Å². The number of ether oxygens (including phenoxy) is 1. The van der Waals surface area contributed by atoms with E-state index in [2.05, 4.69) is 33.0 Å². The van der Waals surface area contributed by atoms with Gasteiger partial charge in [0, 0.05) is 18.1 Å². The van der Waals surface area contributed by atoms with Gasteiger partial charge in [-0.15, -0.1) is 0 Å². The molecule has 2 aliphatic rings. The van der Waals surface area contributed by atoms with Gasteiger partial charge in [0.2, 0.25) is 0 Å². The molecular formula is C14H27NO. The van der Waals surface area contributed by atoms with Crippen LogP contribution in [0.5, 0.6) is 0 Å². The maximum absolute atomic E-state index is 5.75. The monoisotopic (exact) mass is 225 g/mol. The van der Waals surface area contributed by atoms with E-state index in [-0.39, 0.29) is 0 Å². The van der Waals surface area contributed by atoms with E-state index in [4.69, 9.17) is 4.74 Å². The van der Waals surface area contributed by atoms with Crippen molar-refractivity contribution in [3.63, 3.8) is 0 Å². The van der Waals surface area contributed by atoms with Gasteiger partial charge >= 0.3 is 0 Å². The lowest BCUT2D eigenvalue weighted by atomic mass is 9.64. The van der Waals surface area contributed by atoms with E-state index < -0.39 is 0 Å². The lowest BCUT2D eigenvalue weighted by molar-refractivity contribution is -0.114. The second kappa shape index (κ2) is 4.66. The van der Waals surface area contributed by atoms with Gasteiger partial charge < -0.3 is 10.1 Å². The van der Waals surface area contributed by atoms with Crippen molar-refractivity contribution in [3.8, 4) is 0 Å². The first-order valence-electron chi connectivity index (χ1n) is 6.90. The molecule has 2 saturated carbocycles. The van der Waals surface area contributed by atoms with E-state index in [0.29, 0.717) is 17.6 Å². The lowest BCUT2D eigenvalue weighted by Crippen LogP contribution is -2.61. The second-order valence-corrected chi connectivity index (χ2v) is 6.28. The fraction of sp³-hybridized carbons (Fsp3) is 1.00. The minimum absolute atomic E-state index is 0.319. The van der Waals surface area contributed by atoms with Crippen LogP contribution in [-0.2, 0) is 4.74 Å². The van der Waals surface area contributed by atoms with Gasteiger partial charge in [-0.05, 0) is 44.6 Å². The van der Waals surface area contributed by atoms with Crippen LogP contribution in [0.4, 0.5) is 0 Å². The molecule has 2 nitrogen and oxygen atoms in total. The first-order valence-corrected chi connectivity index (χ1v) is 6.90. The Bertz CT molecular complexity index is 235. The summed E-state index contributed by atoms with van der Waals surface area (Å²) in [5, 5.41) is 3.74. The summed E-state index contributed by atoms with van der Waals surface area (Å²) in [6.45, 7) is 11.2. The molecule has 1 N–H and O–H groups in total. The SMILES string of the molecule is CCOC1CC(NCC(C)C2CC2)C1(C)C. The quantitative estimate of drug-likeness (QED) is 0.750. The summed E-state index contributed by atoms with van der Waals surface area (Å²) in [6, 6.07) is 0.658. The summed E-state index contributed by atoms with van der Waals surface area (Å²) in [6.07, 6.45) is 4.57. The molecule has 3 unspecified atom stereocenters. The zero-order valence-electron chi connectivity index (χ0n) is 11.3. The molecule has 2 aliphatic carbocycles. The Morgan fingerprint density at radius 3 is 2.56 bits per heavy atom. The molecule has 0 amide bonds. The van der Waals surface area contributed by atoms with E-state index in [1.807, 2.05) is 0 Å². The molecule has 0 bridgehead atoms. The Morgan fingerprint density at radius 2 is 2.06 bits per heavy atom. The van der Waals surface area contributed by atoms with Crippen LogP contribution in [0.15, 0.2) is 0 Å². The van der Waals surface area contributed by atoms with E-state index in [9.17, 15) is 0 Å². The third-order valence-electron chi connectivity index (χ3n) is 4.66. The summed E-state index contributed by atoms with van der Waals surface area (Å²) in [5.74, 6) is 1.88. The molecule has 3 atom stereocenters. The van der Waals surface area contributed by atoms with Crippen molar-refractivity contribution < 1.29 is 4.74 Å². The first kappa shape index (κ1) is 12.4. The van der Waals surface area contributed by atoms with Gasteiger partial charge in [-0.3, -0.25) is 0 Å². The zero-order valence-corrected chi connectivity index (χ0v) is 11.3. The Morgan fingerprint density at radius 1 is 1.38 bits per heavy atom. The normalized spacial score (nSPS) is 34.5. The molecule has 0 aromatic heterocycles. The Kier molecular flexibility index (Phi) is 3.60. The van der Waals surface area contributed by atoms with Crippen LogP contribution in [0.1, 0.15) is 47.0 Å². The predicted molar refractivity (Wildman–Crippen MR) is 67.5 cm³/mol. The Balaban J connectivity index is 1.71. The summed E-state index contributed by atoms with van der Waals surface area (Å²) >= 11 is 0. The van der Waals surface area contributed by atoms with Crippen LogP contribution in [0.3, 0.4) is 0 Å². The van der Waals surface area contributed by atoms with Crippen molar-refractivity contribution in [1.29, 1.82) is 0 Å². The van der Waals surface area contributed by atoms with Gasteiger partial charge in [0.1, 0.15) is 0 Å². The fourth-order valence-corrected chi connectivity index (χ4v) is 2.88. The van der Waals surface area contributed by atoms with Crippen molar-refractivity contribution in [1.82, 2.24) is 5.32 Å². The molecule has 0 aromatic rings. The highest BCUT2D eigenvalue weighted by molar-refractivity contribution is 5.03. The molecule has 16 heavy (non-hydrogen) atoms. The molecular weight excluding hydrogens is 198 g/mol. The Labute approximate surface area is 100 Å². The van der Waals surface area contributed by atoms with Crippen LogP contribution >= 0.6 is 0 Å². The average Bonchev–Trinajstić information content (AvgIpc) is 3.05. The smallest absolute Gasteiger partial charge is 0.0655 e. The van der Waals surface area contributed by atoms with Gasteiger partial charge in [-0.25, -0.2) is 0 Å². The Hall–Kier alpha value is -0.0800. The highest BCUT2D eigenvalue weighted by Gasteiger charge is 2.48. The minimum Gasteiger partial charge on any atom is -0.378 e. The van der Waals surface area contributed by atoms with E-state index in [0.717, 1.165) is 18.4 Å². The highest BCUT2D eigenvalue weighted by Crippen LogP contribution is 2.43. The fourth-order valence-electron chi connectivity index (χ4n) is 2.88. The largest absolute Gasteiger partial charge is 0.378 e. The molecule has 2 fully saturated rings. The number of rotatable bonds is 6. The van der Waals surface area contributed by atoms with Gasteiger partial charge in [-0.1, -0.05) is 20.8 Å². The average molecular weight is 225 g/mol. The van der Waals surface area contributed by atoms with Gasteiger partial charge in [0.05, 0.1) is 6.10 Å². The minimum atomic E-state index is 0.319. The summed E-state index contributed by atoms with van der Waals surface area (Å²) in [5.41, 5.74) is 0.319. The highest BCUT2D eigenvalue weighted by atomic mass is 16.5. The van der Waals surface area contributed by atoms with Gasteiger partial charge in [-0.2, -0.15) is 0 Å². The molecule has 0 heterocycles. The van der Waals surface area contributed by atoms with Crippen molar-refractivity contribution in [2.75, 3.05) is 13.2 Å². The summed E-state index contributed by atoms with van der Waals surface area (Å²) in [4.78, 5) is 0. The van der Waals surface area contributed by atoms with Crippen molar-refractivity contribution in [2.24, 2.45) is 17.3 Å². The summed E-state index contributed by atoms with van der Waals surface area (Å²) < 4.78 is 5.75. The van der Waals surface area contributed by atoms with Crippen molar-refractivity contribution >= 4 is 0 Å². The first-order chi connectivity index (χ1) is 7.55. The van der Waals surface area contributed by atoms with Crippen LogP contribution < -0.4 is 5.32 Å². The lowest BCUT2D eigenvalue weighted by Gasteiger charge is -2.52. The zero-order chi connectivity index (χ0) is 11.8. The molecule has 0 saturated heterocycles. The number of nitrogens with one attached hydrogen (secondary N) is 1. The van der Waals surface area contributed by atoms with Crippen molar-refractivity contribution in [3.05, 3.63) is 0 Å². The maximum Gasteiger partial charge on any atom is 0.0655 e. The molecule has 2 rings (SSSR count).